The van der Waals surface area contributed by atoms with E-state index in [9.17, 15) is 0 Å². The summed E-state index contributed by atoms with van der Waals surface area (Å²) in [5, 5.41) is 12.3. The third kappa shape index (κ3) is 2.18. The van der Waals surface area contributed by atoms with Crippen molar-refractivity contribution in [2.75, 3.05) is 18.0 Å². The second kappa shape index (κ2) is 5.66. The van der Waals surface area contributed by atoms with Crippen LogP contribution in [0.5, 0.6) is 0 Å². The molecule has 0 unspecified atom stereocenters. The molecule has 3 saturated heterocycles. The van der Waals surface area contributed by atoms with Gasteiger partial charge in [-0.3, -0.25) is 0 Å². The largest absolute Gasteiger partial charge is 0.354 e. The predicted octanol–water partition coefficient (Wildman–Crippen LogP) is 2.12. The Labute approximate surface area is 132 Å². The van der Waals surface area contributed by atoms with E-state index in [2.05, 4.69) is 34.3 Å². The van der Waals surface area contributed by atoms with Gasteiger partial charge in [0.1, 0.15) is 0 Å². The van der Waals surface area contributed by atoms with Gasteiger partial charge in [-0.1, -0.05) is 0 Å². The van der Waals surface area contributed by atoms with Gasteiger partial charge in [0.15, 0.2) is 5.82 Å². The zero-order chi connectivity index (χ0) is 12.3. The lowest BCUT2D eigenvalue weighted by atomic mass is 9.82. The molecule has 4 heterocycles. The zero-order valence-electron chi connectivity index (χ0n) is 11.9. The fourth-order valence-electron chi connectivity index (χ4n) is 4.17. The number of rotatable bonds is 1. The van der Waals surface area contributed by atoms with Gasteiger partial charge in [0.25, 0.3) is 0 Å². The van der Waals surface area contributed by atoms with Gasteiger partial charge >= 0.3 is 0 Å². The van der Waals surface area contributed by atoms with Crippen molar-refractivity contribution in [1.29, 1.82) is 0 Å². The second-order valence-corrected chi connectivity index (χ2v) is 6.17. The van der Waals surface area contributed by atoms with Crippen molar-refractivity contribution >= 4 is 30.6 Å². The van der Waals surface area contributed by atoms with Crippen LogP contribution in [0.25, 0.3) is 0 Å². The van der Waals surface area contributed by atoms with Crippen molar-refractivity contribution in [2.45, 2.75) is 38.8 Å². The van der Waals surface area contributed by atoms with Gasteiger partial charge in [-0.2, -0.15) is 5.10 Å². The summed E-state index contributed by atoms with van der Waals surface area (Å²) in [6.07, 6.45) is 4.61. The summed E-state index contributed by atoms with van der Waals surface area (Å²) in [5.41, 5.74) is 2.54. The summed E-state index contributed by atoms with van der Waals surface area (Å²) < 4.78 is 0. The standard InChI is InChI=1S/C14H20N4.2ClH/c1-8-5-15-17-14(9(8)2)18-6-10-11(7-18)13-4-3-12(10)16-13;;/h5,10-13,16H,3-4,6-7H2,1-2H3;2*1H/t10-,11+,12-,13+;;. The van der Waals surface area contributed by atoms with Gasteiger partial charge in [-0.05, 0) is 49.7 Å². The minimum atomic E-state index is 0. The molecule has 4 atom stereocenters. The monoisotopic (exact) mass is 316 g/mol. The van der Waals surface area contributed by atoms with E-state index in [1.54, 1.807) is 0 Å². The Morgan fingerprint density at radius 1 is 1.10 bits per heavy atom. The first-order valence-electron chi connectivity index (χ1n) is 7.04. The van der Waals surface area contributed by atoms with Crippen LogP contribution in [-0.2, 0) is 0 Å². The molecule has 112 valence electrons. The first-order chi connectivity index (χ1) is 8.74. The number of hydrogen-bond donors (Lipinski definition) is 1. The average molecular weight is 317 g/mol. The number of nitrogens with zero attached hydrogens (tertiary/aromatic N) is 3. The van der Waals surface area contributed by atoms with E-state index >= 15 is 0 Å². The van der Waals surface area contributed by atoms with Crippen molar-refractivity contribution in [3.8, 4) is 0 Å². The van der Waals surface area contributed by atoms with Gasteiger partial charge in [-0.25, -0.2) is 0 Å². The van der Waals surface area contributed by atoms with Crippen molar-refractivity contribution < 1.29 is 0 Å². The third-order valence-electron chi connectivity index (χ3n) is 5.29. The van der Waals surface area contributed by atoms with Crippen LogP contribution in [0.2, 0.25) is 0 Å². The summed E-state index contributed by atoms with van der Waals surface area (Å²) in [6.45, 7) is 6.62. The van der Waals surface area contributed by atoms with Gasteiger partial charge < -0.3 is 10.2 Å². The highest BCUT2D eigenvalue weighted by Gasteiger charge is 2.51. The highest BCUT2D eigenvalue weighted by Crippen LogP contribution is 2.44. The lowest BCUT2D eigenvalue weighted by Gasteiger charge is -2.21. The molecule has 1 aromatic heterocycles. The molecule has 4 rings (SSSR count). The Bertz CT molecular complexity index is 478. The van der Waals surface area contributed by atoms with Gasteiger partial charge in [-0.15, -0.1) is 29.9 Å². The van der Waals surface area contributed by atoms with E-state index in [-0.39, 0.29) is 24.8 Å². The molecule has 2 bridgehead atoms. The molecule has 3 aliphatic rings. The van der Waals surface area contributed by atoms with Gasteiger partial charge in [0.05, 0.1) is 6.20 Å². The van der Waals surface area contributed by atoms with Gasteiger partial charge in [0, 0.05) is 25.2 Å². The molecule has 0 spiro atoms. The maximum absolute atomic E-state index is 4.37. The molecule has 0 saturated carbocycles. The molecule has 0 aromatic carbocycles. The summed E-state index contributed by atoms with van der Waals surface area (Å²) in [4.78, 5) is 2.47. The number of nitrogens with one attached hydrogen (secondary N) is 1. The van der Waals surface area contributed by atoms with E-state index in [0.29, 0.717) is 0 Å². The molecule has 3 aliphatic heterocycles. The summed E-state index contributed by atoms with van der Waals surface area (Å²) in [5.74, 6) is 2.79. The SMILES string of the molecule is Cc1cnnc(N2C[C@@H]3[C@H](C2)[C@@H]2CC[C@H]3N2)c1C.Cl.Cl. The highest BCUT2D eigenvalue weighted by molar-refractivity contribution is 5.85. The molecule has 1 N–H and O–H groups in total. The minimum absolute atomic E-state index is 0. The highest BCUT2D eigenvalue weighted by atomic mass is 35.5. The first kappa shape index (κ1) is 15.8. The molecule has 1 aromatic rings. The molecule has 4 nitrogen and oxygen atoms in total. The number of fused-ring (bicyclic) bond motifs is 5. The number of aryl methyl sites for hydroxylation is 1. The summed E-state index contributed by atoms with van der Waals surface area (Å²) in [6, 6.07) is 1.53. The average Bonchev–Trinajstić information content (AvgIpc) is 3.02. The van der Waals surface area contributed by atoms with Crippen LogP contribution in [0.3, 0.4) is 0 Å². The molecule has 20 heavy (non-hydrogen) atoms. The number of hydrogen-bond acceptors (Lipinski definition) is 4. The fraction of sp³-hybridized carbons (Fsp3) is 0.714. The van der Waals surface area contributed by atoms with Crippen LogP contribution in [0.4, 0.5) is 5.82 Å². The van der Waals surface area contributed by atoms with Crippen molar-refractivity contribution in [2.24, 2.45) is 11.8 Å². The predicted molar refractivity (Wildman–Crippen MR) is 85.1 cm³/mol. The Hall–Kier alpha value is -0.580. The maximum atomic E-state index is 4.37. The van der Waals surface area contributed by atoms with E-state index in [0.717, 1.165) is 42.8 Å². The fourth-order valence-corrected chi connectivity index (χ4v) is 4.17. The molecule has 6 heteroatoms. The molecular formula is C14H22Cl2N4. The van der Waals surface area contributed by atoms with Crippen LogP contribution >= 0.6 is 24.8 Å². The lowest BCUT2D eigenvalue weighted by Crippen LogP contribution is -2.32. The van der Waals surface area contributed by atoms with Crippen LogP contribution in [0.1, 0.15) is 24.0 Å². The van der Waals surface area contributed by atoms with Crippen molar-refractivity contribution in [3.05, 3.63) is 17.3 Å². The Kier molecular flexibility index (Phi) is 4.47. The van der Waals surface area contributed by atoms with E-state index in [4.69, 9.17) is 0 Å². The second-order valence-electron chi connectivity index (χ2n) is 6.17. The summed E-state index contributed by atoms with van der Waals surface area (Å²) >= 11 is 0. The molecule has 0 radical (unpaired) electrons. The minimum Gasteiger partial charge on any atom is -0.354 e. The Morgan fingerprint density at radius 3 is 2.30 bits per heavy atom. The number of aromatic nitrogens is 2. The first-order valence-corrected chi connectivity index (χ1v) is 7.04. The van der Waals surface area contributed by atoms with E-state index < -0.39 is 0 Å². The quantitative estimate of drug-likeness (QED) is 0.861. The smallest absolute Gasteiger partial charge is 0.154 e. The van der Waals surface area contributed by atoms with Crippen LogP contribution in [0.15, 0.2) is 6.20 Å². The van der Waals surface area contributed by atoms with Crippen LogP contribution < -0.4 is 10.2 Å². The van der Waals surface area contributed by atoms with E-state index in [1.165, 1.54) is 24.0 Å². The normalized spacial score (nSPS) is 33.6. The molecular weight excluding hydrogens is 295 g/mol. The van der Waals surface area contributed by atoms with Crippen LogP contribution in [0, 0.1) is 25.7 Å². The van der Waals surface area contributed by atoms with Crippen molar-refractivity contribution in [1.82, 2.24) is 15.5 Å². The molecule has 0 amide bonds. The molecule has 3 fully saturated rings. The van der Waals surface area contributed by atoms with Crippen LogP contribution in [-0.4, -0.2) is 35.4 Å². The summed E-state index contributed by atoms with van der Waals surface area (Å²) in [7, 11) is 0. The van der Waals surface area contributed by atoms with E-state index in [1.807, 2.05) is 6.20 Å². The lowest BCUT2D eigenvalue weighted by molar-refractivity contribution is 0.354. The zero-order valence-corrected chi connectivity index (χ0v) is 13.5. The molecule has 0 aliphatic carbocycles. The maximum Gasteiger partial charge on any atom is 0.154 e. The number of anilines is 1. The Morgan fingerprint density at radius 2 is 1.70 bits per heavy atom. The topological polar surface area (TPSA) is 41.1 Å². The Balaban J connectivity index is 0.000000735. The van der Waals surface area contributed by atoms with Crippen molar-refractivity contribution in [3.63, 3.8) is 0 Å². The third-order valence-corrected chi connectivity index (χ3v) is 5.29. The number of halogens is 2. The van der Waals surface area contributed by atoms with Gasteiger partial charge in [0.2, 0.25) is 0 Å².